The van der Waals surface area contributed by atoms with E-state index in [1.807, 2.05) is 60.0 Å². The summed E-state index contributed by atoms with van der Waals surface area (Å²) in [5, 5.41) is 18.9. The summed E-state index contributed by atoms with van der Waals surface area (Å²) in [6.07, 6.45) is 1.66. The van der Waals surface area contributed by atoms with Crippen LogP contribution >= 0.6 is 35.0 Å². The molecule has 0 aliphatic rings. The number of thioether (sulfide) groups is 1. The van der Waals surface area contributed by atoms with Crippen LogP contribution in [-0.2, 0) is 5.75 Å². The number of hydrogen-bond acceptors (Lipinski definition) is 8. The van der Waals surface area contributed by atoms with Crippen LogP contribution < -0.4 is 4.74 Å². The summed E-state index contributed by atoms with van der Waals surface area (Å²) in [6.45, 7) is 2.49. The summed E-state index contributed by atoms with van der Waals surface area (Å²) in [5.41, 5.74) is 2.16. The van der Waals surface area contributed by atoms with Gasteiger partial charge in [0, 0.05) is 10.6 Å². The van der Waals surface area contributed by atoms with Gasteiger partial charge in [0.15, 0.2) is 11.0 Å². The highest BCUT2D eigenvalue weighted by molar-refractivity contribution is 7.98. The lowest BCUT2D eigenvalue weighted by Gasteiger charge is -2.11. The van der Waals surface area contributed by atoms with E-state index in [-0.39, 0.29) is 0 Å². The molecule has 0 unspecified atom stereocenters. The van der Waals surface area contributed by atoms with Crippen molar-refractivity contribution in [3.63, 3.8) is 0 Å². The number of nitrogens with zero attached hydrogens (tertiary/aromatic N) is 6. The number of pyridine rings is 1. The molecular formula is C24H18Cl2N6O2S. The lowest BCUT2D eigenvalue weighted by atomic mass is 10.2. The highest BCUT2D eigenvalue weighted by atomic mass is 35.5. The summed E-state index contributed by atoms with van der Waals surface area (Å²) >= 11 is 13.9. The number of rotatable bonds is 8. The topological polar surface area (TPSA) is 91.8 Å². The van der Waals surface area contributed by atoms with Crippen LogP contribution in [0.4, 0.5) is 0 Å². The second kappa shape index (κ2) is 10.5. The number of benzene rings is 2. The van der Waals surface area contributed by atoms with Gasteiger partial charge in [0.2, 0.25) is 11.8 Å². The molecule has 176 valence electrons. The van der Waals surface area contributed by atoms with Crippen molar-refractivity contribution in [2.24, 2.45) is 0 Å². The quantitative estimate of drug-likeness (QED) is 0.216. The van der Waals surface area contributed by atoms with Crippen LogP contribution in [0.3, 0.4) is 0 Å². The lowest BCUT2D eigenvalue weighted by molar-refractivity contribution is 0.339. The van der Waals surface area contributed by atoms with E-state index in [0.717, 1.165) is 11.3 Å². The van der Waals surface area contributed by atoms with Crippen LogP contribution in [0.1, 0.15) is 12.8 Å². The van der Waals surface area contributed by atoms with E-state index >= 15 is 0 Å². The van der Waals surface area contributed by atoms with Gasteiger partial charge in [0.1, 0.15) is 11.4 Å². The molecule has 5 aromatic rings. The minimum atomic E-state index is 0.389. The SMILES string of the molecule is CCOc1ccc(-c2nnc(SCc3nnc(-c4ccc(Cl)cc4)o3)n2-c2ccccc2Cl)nc1. The molecule has 0 N–H and O–H groups in total. The normalized spacial score (nSPS) is 11.1. The smallest absolute Gasteiger partial charge is 0.247 e. The van der Waals surface area contributed by atoms with Crippen molar-refractivity contribution >= 4 is 35.0 Å². The van der Waals surface area contributed by atoms with Gasteiger partial charge in [-0.2, -0.15) is 0 Å². The van der Waals surface area contributed by atoms with Gasteiger partial charge < -0.3 is 9.15 Å². The molecule has 5 rings (SSSR count). The molecule has 3 aromatic heterocycles. The fourth-order valence-electron chi connectivity index (χ4n) is 3.29. The highest BCUT2D eigenvalue weighted by Gasteiger charge is 2.20. The summed E-state index contributed by atoms with van der Waals surface area (Å²) in [7, 11) is 0. The Morgan fingerprint density at radius 3 is 2.51 bits per heavy atom. The van der Waals surface area contributed by atoms with E-state index in [2.05, 4.69) is 25.4 Å². The molecule has 0 amide bonds. The van der Waals surface area contributed by atoms with Crippen molar-refractivity contribution in [1.29, 1.82) is 0 Å². The minimum Gasteiger partial charge on any atom is -0.492 e. The fraction of sp³-hybridized carbons (Fsp3) is 0.125. The summed E-state index contributed by atoms with van der Waals surface area (Å²) in [6, 6.07) is 18.4. The number of para-hydroxylation sites is 1. The number of hydrogen-bond donors (Lipinski definition) is 0. The minimum absolute atomic E-state index is 0.389. The molecule has 0 radical (unpaired) electrons. The van der Waals surface area contributed by atoms with Gasteiger partial charge in [-0.15, -0.1) is 20.4 Å². The van der Waals surface area contributed by atoms with E-state index < -0.39 is 0 Å². The largest absolute Gasteiger partial charge is 0.492 e. The molecule has 0 saturated carbocycles. The average molecular weight is 525 g/mol. The number of aromatic nitrogens is 6. The number of halogens is 2. The molecule has 35 heavy (non-hydrogen) atoms. The zero-order chi connectivity index (χ0) is 24.2. The Labute approximate surface area is 215 Å². The summed E-state index contributed by atoms with van der Waals surface area (Å²) in [5.74, 6) is 2.50. The van der Waals surface area contributed by atoms with Gasteiger partial charge >= 0.3 is 0 Å². The van der Waals surface area contributed by atoms with Crippen LogP contribution in [0.2, 0.25) is 10.0 Å². The Balaban J connectivity index is 1.44. The van der Waals surface area contributed by atoms with Crippen molar-refractivity contribution < 1.29 is 9.15 Å². The molecule has 0 atom stereocenters. The van der Waals surface area contributed by atoms with Crippen molar-refractivity contribution in [3.8, 4) is 34.4 Å². The first-order valence-electron chi connectivity index (χ1n) is 10.6. The summed E-state index contributed by atoms with van der Waals surface area (Å²) in [4.78, 5) is 4.51. The molecular weight excluding hydrogens is 507 g/mol. The van der Waals surface area contributed by atoms with E-state index in [1.54, 1.807) is 18.3 Å². The molecule has 0 bridgehead atoms. The molecule has 0 fully saturated rings. The van der Waals surface area contributed by atoms with Crippen LogP contribution in [-0.4, -0.2) is 36.6 Å². The molecule has 8 nitrogen and oxygen atoms in total. The first kappa shape index (κ1) is 23.3. The van der Waals surface area contributed by atoms with Crippen molar-refractivity contribution in [2.45, 2.75) is 17.8 Å². The second-order valence-electron chi connectivity index (χ2n) is 7.20. The third-order valence-electron chi connectivity index (χ3n) is 4.89. The van der Waals surface area contributed by atoms with Crippen LogP contribution in [0, 0.1) is 0 Å². The third kappa shape index (κ3) is 5.17. The van der Waals surface area contributed by atoms with E-state index in [4.69, 9.17) is 32.4 Å². The highest BCUT2D eigenvalue weighted by Crippen LogP contribution is 2.32. The Kier molecular flexibility index (Phi) is 6.98. The van der Waals surface area contributed by atoms with Gasteiger partial charge in [-0.05, 0) is 55.5 Å². The Hall–Kier alpha value is -3.40. The van der Waals surface area contributed by atoms with E-state index in [1.165, 1.54) is 11.8 Å². The first-order valence-corrected chi connectivity index (χ1v) is 12.4. The Bertz CT molecular complexity index is 1440. The second-order valence-corrected chi connectivity index (χ2v) is 8.99. The maximum Gasteiger partial charge on any atom is 0.247 e. The van der Waals surface area contributed by atoms with Gasteiger partial charge in [0.25, 0.3) is 0 Å². The van der Waals surface area contributed by atoms with Gasteiger partial charge in [-0.1, -0.05) is 47.1 Å². The zero-order valence-electron chi connectivity index (χ0n) is 18.4. The maximum atomic E-state index is 6.54. The number of ether oxygens (including phenoxy) is 1. The molecule has 0 aliphatic heterocycles. The molecule has 2 aromatic carbocycles. The zero-order valence-corrected chi connectivity index (χ0v) is 20.8. The molecule has 3 heterocycles. The Morgan fingerprint density at radius 2 is 1.77 bits per heavy atom. The predicted octanol–water partition coefficient (Wildman–Crippen LogP) is 6.38. The van der Waals surface area contributed by atoms with Crippen LogP contribution in [0.25, 0.3) is 28.7 Å². The monoisotopic (exact) mass is 524 g/mol. The predicted molar refractivity (Wildman–Crippen MR) is 135 cm³/mol. The maximum absolute atomic E-state index is 6.54. The summed E-state index contributed by atoms with van der Waals surface area (Å²) < 4.78 is 13.2. The van der Waals surface area contributed by atoms with Crippen molar-refractivity contribution in [2.75, 3.05) is 6.61 Å². The van der Waals surface area contributed by atoms with Crippen molar-refractivity contribution in [1.82, 2.24) is 29.9 Å². The molecule has 0 saturated heterocycles. The third-order valence-corrected chi connectivity index (χ3v) is 6.37. The molecule has 11 heteroatoms. The van der Waals surface area contributed by atoms with Gasteiger partial charge in [-0.25, -0.2) is 4.98 Å². The average Bonchev–Trinajstić information content (AvgIpc) is 3.52. The van der Waals surface area contributed by atoms with E-state index in [9.17, 15) is 0 Å². The lowest BCUT2D eigenvalue weighted by Crippen LogP contribution is -2.02. The molecule has 0 aliphatic carbocycles. The standard InChI is InChI=1S/C24H18Cl2N6O2S/c1-2-33-17-11-12-19(27-13-17)22-29-31-24(32(22)20-6-4-3-5-18(20)26)35-14-21-28-30-23(34-21)15-7-9-16(25)10-8-15/h3-13H,2,14H2,1H3. The van der Waals surface area contributed by atoms with Gasteiger partial charge in [0.05, 0.1) is 29.3 Å². The Morgan fingerprint density at radius 1 is 0.943 bits per heavy atom. The molecule has 0 spiro atoms. The van der Waals surface area contributed by atoms with Crippen LogP contribution in [0.5, 0.6) is 5.75 Å². The fourth-order valence-corrected chi connectivity index (χ4v) is 4.42. The van der Waals surface area contributed by atoms with E-state index in [0.29, 0.717) is 56.6 Å². The first-order chi connectivity index (χ1) is 17.1. The van der Waals surface area contributed by atoms with Crippen molar-refractivity contribution in [3.05, 3.63) is 82.8 Å². The van der Waals surface area contributed by atoms with Gasteiger partial charge in [-0.3, -0.25) is 4.57 Å². The van der Waals surface area contributed by atoms with Crippen LogP contribution in [0.15, 0.2) is 76.4 Å².